The molecular weight excluding hydrogens is 387 g/mol. The highest BCUT2D eigenvalue weighted by Gasteiger charge is 2.33. The summed E-state index contributed by atoms with van der Waals surface area (Å²) in [7, 11) is 0. The van der Waals surface area contributed by atoms with Gasteiger partial charge in [0.25, 0.3) is 5.91 Å². The molecule has 1 saturated heterocycles. The summed E-state index contributed by atoms with van der Waals surface area (Å²) < 4.78 is 0. The Balaban J connectivity index is 1.84. The normalized spacial score (nSPS) is 19.6. The number of amides is 2. The molecule has 1 heterocycles. The first kappa shape index (κ1) is 19.5. The lowest BCUT2D eigenvalue weighted by atomic mass is 9.85. The van der Waals surface area contributed by atoms with E-state index in [1.807, 2.05) is 25.1 Å². The highest BCUT2D eigenvalue weighted by Crippen LogP contribution is 2.30. The second-order valence-corrected chi connectivity index (χ2v) is 7.56. The van der Waals surface area contributed by atoms with Crippen molar-refractivity contribution in [2.45, 2.75) is 25.3 Å². The van der Waals surface area contributed by atoms with Crippen LogP contribution in [0.2, 0.25) is 10.0 Å². The van der Waals surface area contributed by atoms with Crippen LogP contribution in [-0.2, 0) is 0 Å². The monoisotopic (exact) mass is 406 g/mol. The van der Waals surface area contributed by atoms with Crippen molar-refractivity contribution in [1.82, 2.24) is 10.2 Å². The molecule has 7 heteroatoms. The number of carbonyl (C=O) groups excluding carboxylic acids is 1. The molecule has 142 valence electrons. The third-order valence-corrected chi connectivity index (χ3v) is 5.59. The van der Waals surface area contributed by atoms with Crippen LogP contribution in [0.5, 0.6) is 0 Å². The van der Waals surface area contributed by atoms with Crippen molar-refractivity contribution in [3.63, 3.8) is 0 Å². The van der Waals surface area contributed by atoms with E-state index in [-0.39, 0.29) is 17.9 Å². The minimum Gasteiger partial charge on any atom is -0.465 e. The summed E-state index contributed by atoms with van der Waals surface area (Å²) in [5.74, 6) is -0.382. The van der Waals surface area contributed by atoms with Gasteiger partial charge in [-0.3, -0.25) is 4.79 Å². The SMILES string of the molecule is Cc1ccc([C@@H]2CN(C(=O)O)CC[C@H]2NC(=O)c2ccc(Cl)cc2)cc1Cl. The maximum Gasteiger partial charge on any atom is 0.407 e. The number of nitrogens with zero attached hydrogens (tertiary/aromatic N) is 1. The number of hydrogen-bond donors (Lipinski definition) is 2. The summed E-state index contributed by atoms with van der Waals surface area (Å²) in [5, 5.41) is 13.6. The minimum absolute atomic E-state index is 0.177. The Kier molecular flexibility index (Phi) is 5.92. The summed E-state index contributed by atoms with van der Waals surface area (Å²) in [6.45, 7) is 2.59. The molecule has 2 atom stereocenters. The van der Waals surface area contributed by atoms with Crippen molar-refractivity contribution in [2.24, 2.45) is 0 Å². The molecule has 0 bridgehead atoms. The van der Waals surface area contributed by atoms with E-state index < -0.39 is 6.09 Å². The number of nitrogens with one attached hydrogen (secondary N) is 1. The molecule has 0 saturated carbocycles. The van der Waals surface area contributed by atoms with Gasteiger partial charge in [-0.05, 0) is 54.8 Å². The average molecular weight is 407 g/mol. The van der Waals surface area contributed by atoms with Crippen LogP contribution >= 0.6 is 23.2 Å². The van der Waals surface area contributed by atoms with Crippen molar-refractivity contribution in [3.8, 4) is 0 Å². The molecule has 1 fully saturated rings. The average Bonchev–Trinajstić information content (AvgIpc) is 2.64. The highest BCUT2D eigenvalue weighted by atomic mass is 35.5. The molecule has 0 aliphatic carbocycles. The Bertz CT molecular complexity index is 855. The molecule has 1 aliphatic heterocycles. The lowest BCUT2D eigenvalue weighted by Crippen LogP contribution is -2.51. The van der Waals surface area contributed by atoms with Crippen LogP contribution in [0.25, 0.3) is 0 Å². The van der Waals surface area contributed by atoms with Gasteiger partial charge in [-0.2, -0.15) is 0 Å². The molecular formula is C20H20Cl2N2O3. The zero-order valence-corrected chi connectivity index (χ0v) is 16.3. The Labute approximate surface area is 167 Å². The fourth-order valence-corrected chi connectivity index (χ4v) is 3.64. The van der Waals surface area contributed by atoms with Crippen molar-refractivity contribution in [3.05, 3.63) is 69.2 Å². The molecule has 3 rings (SSSR count). The van der Waals surface area contributed by atoms with Crippen LogP contribution in [0.1, 0.15) is 33.8 Å². The number of piperidine rings is 1. The fourth-order valence-electron chi connectivity index (χ4n) is 3.33. The van der Waals surface area contributed by atoms with Gasteiger partial charge in [-0.15, -0.1) is 0 Å². The number of likely N-dealkylation sites (tertiary alicyclic amines) is 1. The number of halogens is 2. The van der Waals surface area contributed by atoms with Crippen molar-refractivity contribution in [2.75, 3.05) is 13.1 Å². The Morgan fingerprint density at radius 2 is 1.85 bits per heavy atom. The number of carbonyl (C=O) groups is 2. The summed E-state index contributed by atoms with van der Waals surface area (Å²) in [6.07, 6.45) is -0.428. The van der Waals surface area contributed by atoms with Crippen LogP contribution in [-0.4, -0.2) is 41.1 Å². The third-order valence-electron chi connectivity index (χ3n) is 4.93. The lowest BCUT2D eigenvalue weighted by Gasteiger charge is -2.38. The van der Waals surface area contributed by atoms with E-state index in [1.54, 1.807) is 24.3 Å². The van der Waals surface area contributed by atoms with Crippen LogP contribution in [0, 0.1) is 6.92 Å². The van der Waals surface area contributed by atoms with E-state index in [4.69, 9.17) is 23.2 Å². The quantitative estimate of drug-likeness (QED) is 0.783. The van der Waals surface area contributed by atoms with Gasteiger partial charge in [-0.1, -0.05) is 35.3 Å². The van der Waals surface area contributed by atoms with Gasteiger partial charge in [0, 0.05) is 40.7 Å². The first-order valence-corrected chi connectivity index (χ1v) is 9.41. The van der Waals surface area contributed by atoms with Crippen molar-refractivity contribution in [1.29, 1.82) is 0 Å². The molecule has 2 amide bonds. The molecule has 2 aromatic carbocycles. The highest BCUT2D eigenvalue weighted by molar-refractivity contribution is 6.31. The van der Waals surface area contributed by atoms with E-state index in [2.05, 4.69) is 5.32 Å². The minimum atomic E-state index is -0.958. The number of aryl methyl sites for hydroxylation is 1. The first-order valence-electron chi connectivity index (χ1n) is 8.65. The number of carboxylic acid groups (broad SMARTS) is 1. The molecule has 0 radical (unpaired) electrons. The standard InChI is InChI=1S/C20H20Cl2N2O3/c1-12-2-3-14(10-17(12)22)16-11-24(20(26)27)9-8-18(16)23-19(25)13-4-6-15(21)7-5-13/h2-7,10,16,18H,8-9,11H2,1H3,(H,23,25)(H,26,27)/t16-,18+/m0/s1. The number of hydrogen-bond acceptors (Lipinski definition) is 2. The van der Waals surface area contributed by atoms with Crippen LogP contribution in [0.4, 0.5) is 4.79 Å². The zero-order valence-electron chi connectivity index (χ0n) is 14.8. The zero-order chi connectivity index (χ0) is 19.6. The number of rotatable bonds is 3. The van der Waals surface area contributed by atoms with Crippen molar-refractivity contribution >= 4 is 35.2 Å². The van der Waals surface area contributed by atoms with Gasteiger partial charge in [-0.25, -0.2) is 4.79 Å². The van der Waals surface area contributed by atoms with Gasteiger partial charge < -0.3 is 15.3 Å². The summed E-state index contributed by atoms with van der Waals surface area (Å²) >= 11 is 12.1. The molecule has 0 unspecified atom stereocenters. The topological polar surface area (TPSA) is 69.6 Å². The summed E-state index contributed by atoms with van der Waals surface area (Å²) in [5.41, 5.74) is 2.38. The predicted molar refractivity (Wildman–Crippen MR) is 106 cm³/mol. The summed E-state index contributed by atoms with van der Waals surface area (Å²) in [6, 6.07) is 12.2. The van der Waals surface area contributed by atoms with Gasteiger partial charge >= 0.3 is 6.09 Å². The van der Waals surface area contributed by atoms with Crippen LogP contribution < -0.4 is 5.32 Å². The Morgan fingerprint density at radius 1 is 1.15 bits per heavy atom. The van der Waals surface area contributed by atoms with Gasteiger partial charge in [0.05, 0.1) is 0 Å². The molecule has 27 heavy (non-hydrogen) atoms. The second-order valence-electron chi connectivity index (χ2n) is 6.72. The molecule has 5 nitrogen and oxygen atoms in total. The smallest absolute Gasteiger partial charge is 0.407 e. The Morgan fingerprint density at radius 3 is 2.48 bits per heavy atom. The maximum absolute atomic E-state index is 12.6. The predicted octanol–water partition coefficient (Wildman–Crippen LogP) is 4.57. The molecule has 1 aliphatic rings. The lowest BCUT2D eigenvalue weighted by molar-refractivity contribution is 0.0888. The second kappa shape index (κ2) is 8.19. The third kappa shape index (κ3) is 4.54. The van der Waals surface area contributed by atoms with E-state index in [1.165, 1.54) is 4.90 Å². The molecule has 2 aromatic rings. The van der Waals surface area contributed by atoms with Crippen LogP contribution in [0.3, 0.4) is 0 Å². The summed E-state index contributed by atoms with van der Waals surface area (Å²) in [4.78, 5) is 25.4. The van der Waals surface area contributed by atoms with E-state index >= 15 is 0 Å². The Hall–Kier alpha value is -2.24. The van der Waals surface area contributed by atoms with Crippen molar-refractivity contribution < 1.29 is 14.7 Å². The first-order chi connectivity index (χ1) is 12.8. The molecule has 2 N–H and O–H groups in total. The van der Waals surface area contributed by atoms with Gasteiger partial charge in [0.2, 0.25) is 0 Å². The fraction of sp³-hybridized carbons (Fsp3) is 0.300. The number of benzene rings is 2. The maximum atomic E-state index is 12.6. The van der Waals surface area contributed by atoms with E-state index in [9.17, 15) is 14.7 Å². The molecule has 0 aromatic heterocycles. The van der Waals surface area contributed by atoms with E-state index in [0.29, 0.717) is 35.1 Å². The van der Waals surface area contributed by atoms with Crippen LogP contribution in [0.15, 0.2) is 42.5 Å². The van der Waals surface area contributed by atoms with Gasteiger partial charge in [0.1, 0.15) is 0 Å². The largest absolute Gasteiger partial charge is 0.465 e. The van der Waals surface area contributed by atoms with E-state index in [0.717, 1.165) is 11.1 Å². The van der Waals surface area contributed by atoms with Gasteiger partial charge in [0.15, 0.2) is 0 Å². The molecule has 0 spiro atoms.